The Bertz CT molecular complexity index is 225. The van der Waals surface area contributed by atoms with Crippen LogP contribution < -0.4 is 0 Å². The quantitative estimate of drug-likeness (QED) is 0.574. The number of aryl methyl sites for hydroxylation is 1. The minimum absolute atomic E-state index is 1.08. The van der Waals surface area contributed by atoms with E-state index in [1.54, 1.807) is 6.33 Å². The fourth-order valence-electron chi connectivity index (χ4n) is 1.18. The molecule has 0 spiro atoms. The third kappa shape index (κ3) is 0.735. The van der Waals surface area contributed by atoms with E-state index in [-0.39, 0.29) is 0 Å². The molecular weight excluding hydrogens is 126 g/mol. The van der Waals surface area contributed by atoms with Crippen LogP contribution in [0.15, 0.2) is 6.33 Å². The summed E-state index contributed by atoms with van der Waals surface area (Å²) in [5, 5.41) is 7.83. The lowest BCUT2D eigenvalue weighted by atomic mass is 9.85. The van der Waals surface area contributed by atoms with Gasteiger partial charge < -0.3 is 4.57 Å². The third-order valence-corrected chi connectivity index (χ3v) is 1.98. The van der Waals surface area contributed by atoms with Crippen molar-refractivity contribution in [3.63, 3.8) is 0 Å². The average molecular weight is 136 g/mol. The lowest BCUT2D eigenvalue weighted by Crippen LogP contribution is -2.14. The first-order chi connectivity index (χ1) is 4.88. The third-order valence-electron chi connectivity index (χ3n) is 1.98. The van der Waals surface area contributed by atoms with E-state index in [4.69, 9.17) is 0 Å². The van der Waals surface area contributed by atoms with E-state index < -0.39 is 0 Å². The molecule has 0 bridgehead atoms. The topological polar surface area (TPSA) is 30.7 Å². The number of nitrogens with zero attached hydrogens (tertiary/aromatic N) is 3. The zero-order valence-corrected chi connectivity index (χ0v) is 6.04. The molecule has 3 nitrogen and oxygen atoms in total. The summed E-state index contributed by atoms with van der Waals surface area (Å²) in [6.07, 6.45) is 5.50. The van der Waals surface area contributed by atoms with Crippen molar-refractivity contribution in [2.45, 2.75) is 19.3 Å². The second kappa shape index (κ2) is 2.08. The van der Waals surface area contributed by atoms with Crippen molar-refractivity contribution in [2.24, 2.45) is 7.05 Å². The normalized spacial score (nSPS) is 18.9. The van der Waals surface area contributed by atoms with Crippen LogP contribution >= 0.6 is 0 Å². The molecule has 1 aromatic rings. The summed E-state index contributed by atoms with van der Waals surface area (Å²) in [5.41, 5.74) is 0. The summed E-state index contributed by atoms with van der Waals surface area (Å²) in [6, 6.07) is 0. The van der Waals surface area contributed by atoms with E-state index in [1.165, 1.54) is 25.2 Å². The van der Waals surface area contributed by atoms with Crippen LogP contribution in [0.2, 0.25) is 0 Å². The summed E-state index contributed by atoms with van der Waals surface area (Å²) < 4.78 is 1.98. The Morgan fingerprint density at radius 1 is 1.50 bits per heavy atom. The van der Waals surface area contributed by atoms with E-state index in [9.17, 15) is 0 Å². The van der Waals surface area contributed by atoms with E-state index in [1.807, 2.05) is 11.6 Å². The van der Waals surface area contributed by atoms with Crippen molar-refractivity contribution in [1.82, 2.24) is 14.8 Å². The lowest BCUT2D eigenvalue weighted by molar-refractivity contribution is 0.546. The van der Waals surface area contributed by atoms with Crippen molar-refractivity contribution in [3.8, 4) is 0 Å². The first-order valence-corrected chi connectivity index (χ1v) is 3.57. The molecule has 0 saturated heterocycles. The van der Waals surface area contributed by atoms with Gasteiger partial charge in [-0.2, -0.15) is 0 Å². The maximum absolute atomic E-state index is 4.01. The molecule has 1 aromatic heterocycles. The molecule has 3 heteroatoms. The molecular formula is C7H10N3. The highest BCUT2D eigenvalue weighted by Crippen LogP contribution is 2.33. The number of aromatic nitrogens is 3. The second-order valence-electron chi connectivity index (χ2n) is 2.72. The molecule has 1 fully saturated rings. The Kier molecular flexibility index (Phi) is 1.22. The SMILES string of the molecule is Cn1cnnc1[C]1CCC1. The zero-order valence-electron chi connectivity index (χ0n) is 6.04. The molecule has 2 rings (SSSR count). The Morgan fingerprint density at radius 2 is 2.30 bits per heavy atom. The van der Waals surface area contributed by atoms with Gasteiger partial charge in [-0.25, -0.2) is 0 Å². The Morgan fingerprint density at radius 3 is 2.70 bits per heavy atom. The Balaban J connectivity index is 2.23. The van der Waals surface area contributed by atoms with Crippen LogP contribution in [-0.2, 0) is 7.05 Å². The number of hydrogen-bond acceptors (Lipinski definition) is 2. The zero-order chi connectivity index (χ0) is 6.97. The smallest absolute Gasteiger partial charge is 0.139 e. The second-order valence-corrected chi connectivity index (χ2v) is 2.72. The minimum atomic E-state index is 1.08. The predicted molar refractivity (Wildman–Crippen MR) is 37.2 cm³/mol. The van der Waals surface area contributed by atoms with Gasteiger partial charge in [0, 0.05) is 13.0 Å². The summed E-state index contributed by atoms with van der Waals surface area (Å²) >= 11 is 0. The molecule has 1 aliphatic carbocycles. The fourth-order valence-corrected chi connectivity index (χ4v) is 1.18. The Labute approximate surface area is 60.1 Å². The van der Waals surface area contributed by atoms with Gasteiger partial charge in [-0.05, 0) is 12.8 Å². The highest BCUT2D eigenvalue weighted by atomic mass is 15.2. The van der Waals surface area contributed by atoms with Gasteiger partial charge in [0.1, 0.15) is 12.2 Å². The molecule has 1 radical (unpaired) electrons. The molecule has 10 heavy (non-hydrogen) atoms. The monoisotopic (exact) mass is 136 g/mol. The maximum atomic E-state index is 4.01. The molecule has 0 atom stereocenters. The number of rotatable bonds is 1. The summed E-state index contributed by atoms with van der Waals surface area (Å²) in [4.78, 5) is 0. The first kappa shape index (κ1) is 5.89. The molecule has 53 valence electrons. The van der Waals surface area contributed by atoms with Crippen molar-refractivity contribution in [3.05, 3.63) is 18.1 Å². The van der Waals surface area contributed by atoms with E-state index >= 15 is 0 Å². The van der Waals surface area contributed by atoms with Gasteiger partial charge in [-0.15, -0.1) is 10.2 Å². The van der Waals surface area contributed by atoms with Crippen LogP contribution in [0.1, 0.15) is 25.1 Å². The summed E-state index contributed by atoms with van der Waals surface area (Å²) in [5.74, 6) is 2.53. The van der Waals surface area contributed by atoms with Crippen molar-refractivity contribution < 1.29 is 0 Å². The van der Waals surface area contributed by atoms with Gasteiger partial charge in [0.2, 0.25) is 0 Å². The first-order valence-electron chi connectivity index (χ1n) is 3.57. The lowest BCUT2D eigenvalue weighted by Gasteiger charge is -2.22. The molecule has 0 amide bonds. The highest BCUT2D eigenvalue weighted by Gasteiger charge is 2.23. The van der Waals surface area contributed by atoms with Crippen molar-refractivity contribution in [1.29, 1.82) is 0 Å². The summed E-state index contributed by atoms with van der Waals surface area (Å²) in [6.45, 7) is 0. The van der Waals surface area contributed by atoms with Crippen LogP contribution in [0.25, 0.3) is 0 Å². The van der Waals surface area contributed by atoms with Crippen LogP contribution in [0.3, 0.4) is 0 Å². The van der Waals surface area contributed by atoms with Gasteiger partial charge in [0.05, 0.1) is 0 Å². The van der Waals surface area contributed by atoms with Crippen molar-refractivity contribution in [2.75, 3.05) is 0 Å². The molecule has 0 unspecified atom stereocenters. The minimum Gasteiger partial charge on any atom is -0.320 e. The van der Waals surface area contributed by atoms with Crippen LogP contribution in [0, 0.1) is 5.92 Å². The average Bonchev–Trinajstić information content (AvgIpc) is 2.12. The molecule has 0 N–H and O–H groups in total. The maximum Gasteiger partial charge on any atom is 0.139 e. The highest BCUT2D eigenvalue weighted by molar-refractivity contribution is 5.19. The molecule has 1 saturated carbocycles. The van der Waals surface area contributed by atoms with Gasteiger partial charge in [-0.3, -0.25) is 0 Å². The fraction of sp³-hybridized carbons (Fsp3) is 0.571. The predicted octanol–water partition coefficient (Wildman–Crippen LogP) is 0.922. The summed E-state index contributed by atoms with van der Waals surface area (Å²) in [7, 11) is 1.99. The van der Waals surface area contributed by atoms with Crippen LogP contribution in [0.5, 0.6) is 0 Å². The van der Waals surface area contributed by atoms with Gasteiger partial charge >= 0.3 is 0 Å². The van der Waals surface area contributed by atoms with E-state index in [2.05, 4.69) is 10.2 Å². The van der Waals surface area contributed by atoms with Gasteiger partial charge in [0.25, 0.3) is 0 Å². The van der Waals surface area contributed by atoms with Crippen LogP contribution in [-0.4, -0.2) is 14.8 Å². The van der Waals surface area contributed by atoms with E-state index in [0.717, 1.165) is 5.82 Å². The van der Waals surface area contributed by atoms with Crippen molar-refractivity contribution >= 4 is 0 Å². The van der Waals surface area contributed by atoms with Gasteiger partial charge in [-0.1, -0.05) is 6.42 Å². The standard InChI is InChI=1S/C7H10N3/c1-10-5-8-9-7(10)6-3-2-4-6/h5H,2-4H2,1H3. The molecule has 0 aromatic carbocycles. The van der Waals surface area contributed by atoms with Gasteiger partial charge in [0.15, 0.2) is 0 Å². The molecule has 0 aliphatic heterocycles. The number of hydrogen-bond donors (Lipinski definition) is 0. The molecule has 1 heterocycles. The Hall–Kier alpha value is -0.860. The van der Waals surface area contributed by atoms with Crippen LogP contribution in [0.4, 0.5) is 0 Å². The largest absolute Gasteiger partial charge is 0.320 e. The molecule has 1 aliphatic rings. The van der Waals surface area contributed by atoms with E-state index in [0.29, 0.717) is 0 Å².